The lowest BCUT2D eigenvalue weighted by Gasteiger charge is -2.26. The van der Waals surface area contributed by atoms with Crippen LogP contribution in [0.2, 0.25) is 0 Å². The first-order valence-electron chi connectivity index (χ1n) is 8.90. The zero-order valence-electron chi connectivity index (χ0n) is 14.7. The Morgan fingerprint density at radius 1 is 1.11 bits per heavy atom. The SMILES string of the molecule is Nc1cccc2nn3ccc(N4C[C@@H](F)C[C@@H]4c4cc(F)ccc4F)nc3c12. The zero-order chi connectivity index (χ0) is 19.4. The van der Waals surface area contributed by atoms with E-state index in [9.17, 15) is 13.2 Å². The van der Waals surface area contributed by atoms with Gasteiger partial charge in [0, 0.05) is 23.9 Å². The van der Waals surface area contributed by atoms with Crippen LogP contribution in [0.25, 0.3) is 16.6 Å². The maximum absolute atomic E-state index is 14.3. The number of rotatable bonds is 2. The van der Waals surface area contributed by atoms with Gasteiger partial charge < -0.3 is 10.6 Å². The van der Waals surface area contributed by atoms with Crippen LogP contribution in [0, 0.1) is 11.6 Å². The molecule has 0 amide bonds. The summed E-state index contributed by atoms with van der Waals surface area (Å²) in [5.74, 6) is -0.659. The van der Waals surface area contributed by atoms with Crippen molar-refractivity contribution in [1.82, 2.24) is 14.6 Å². The van der Waals surface area contributed by atoms with Crippen LogP contribution in [-0.4, -0.2) is 27.3 Å². The summed E-state index contributed by atoms with van der Waals surface area (Å²) in [6.45, 7) is 0.0470. The maximum Gasteiger partial charge on any atom is 0.167 e. The monoisotopic (exact) mass is 383 g/mol. The molecule has 1 aliphatic heterocycles. The summed E-state index contributed by atoms with van der Waals surface area (Å²) in [6, 6.07) is 9.68. The normalized spacial score (nSPS) is 19.8. The highest BCUT2D eigenvalue weighted by atomic mass is 19.1. The molecule has 5 rings (SSSR count). The molecule has 2 atom stereocenters. The molecular weight excluding hydrogens is 367 g/mol. The predicted molar refractivity (Wildman–Crippen MR) is 101 cm³/mol. The minimum Gasteiger partial charge on any atom is -0.398 e. The van der Waals surface area contributed by atoms with Gasteiger partial charge in [-0.05, 0) is 36.4 Å². The quantitative estimate of drug-likeness (QED) is 0.531. The van der Waals surface area contributed by atoms with Crippen molar-refractivity contribution in [3.8, 4) is 0 Å². The van der Waals surface area contributed by atoms with Crippen LogP contribution in [0.3, 0.4) is 0 Å². The van der Waals surface area contributed by atoms with E-state index < -0.39 is 23.8 Å². The highest BCUT2D eigenvalue weighted by Gasteiger charge is 2.36. The summed E-state index contributed by atoms with van der Waals surface area (Å²) < 4.78 is 43.9. The van der Waals surface area contributed by atoms with Crippen molar-refractivity contribution in [2.75, 3.05) is 17.2 Å². The fourth-order valence-corrected chi connectivity index (χ4v) is 3.92. The molecule has 28 heavy (non-hydrogen) atoms. The van der Waals surface area contributed by atoms with Gasteiger partial charge in [0.2, 0.25) is 0 Å². The first kappa shape index (κ1) is 16.9. The van der Waals surface area contributed by atoms with E-state index in [-0.39, 0.29) is 18.5 Å². The van der Waals surface area contributed by atoms with E-state index in [1.165, 1.54) is 0 Å². The second-order valence-corrected chi connectivity index (χ2v) is 6.96. The fourth-order valence-electron chi connectivity index (χ4n) is 3.92. The number of fused-ring (bicyclic) bond motifs is 3. The highest BCUT2D eigenvalue weighted by Crippen LogP contribution is 2.38. The fraction of sp³-hybridized carbons (Fsp3) is 0.200. The first-order valence-corrected chi connectivity index (χ1v) is 8.90. The van der Waals surface area contributed by atoms with Gasteiger partial charge in [0.1, 0.15) is 23.6 Å². The van der Waals surface area contributed by atoms with Gasteiger partial charge in [0.05, 0.1) is 23.5 Å². The highest BCUT2D eigenvalue weighted by molar-refractivity contribution is 6.01. The van der Waals surface area contributed by atoms with E-state index in [1.807, 2.05) is 12.1 Å². The van der Waals surface area contributed by atoms with Crippen LogP contribution in [0.5, 0.6) is 0 Å². The molecule has 5 nitrogen and oxygen atoms in total. The standard InChI is InChI=1S/C20H16F3N5/c21-11-4-5-14(23)13(8-11)17-9-12(22)10-27(17)18-6-7-28-20(25-18)19-15(24)2-1-3-16(19)26-28/h1-8,12,17H,9-10,24H2/t12-,17+/m0/s1. The van der Waals surface area contributed by atoms with Crippen molar-refractivity contribution in [3.05, 3.63) is 65.9 Å². The topological polar surface area (TPSA) is 59.4 Å². The van der Waals surface area contributed by atoms with Crippen molar-refractivity contribution in [2.24, 2.45) is 0 Å². The Morgan fingerprint density at radius 3 is 2.82 bits per heavy atom. The summed E-state index contributed by atoms with van der Waals surface area (Å²) in [4.78, 5) is 6.30. The lowest BCUT2D eigenvalue weighted by atomic mass is 10.0. The second kappa shape index (κ2) is 6.12. The summed E-state index contributed by atoms with van der Waals surface area (Å²) >= 11 is 0. The average molecular weight is 383 g/mol. The van der Waals surface area contributed by atoms with Crippen molar-refractivity contribution in [3.63, 3.8) is 0 Å². The van der Waals surface area contributed by atoms with Crippen molar-refractivity contribution >= 4 is 28.1 Å². The van der Waals surface area contributed by atoms with E-state index in [2.05, 4.69) is 10.1 Å². The third-order valence-corrected chi connectivity index (χ3v) is 5.18. The van der Waals surface area contributed by atoms with E-state index in [4.69, 9.17) is 5.73 Å². The minimum atomic E-state index is -1.17. The molecule has 1 aliphatic rings. The third-order valence-electron chi connectivity index (χ3n) is 5.18. The Kier molecular flexibility index (Phi) is 3.68. The number of nitrogen functional groups attached to an aromatic ring is 1. The molecule has 0 saturated carbocycles. The number of hydrogen-bond donors (Lipinski definition) is 1. The summed E-state index contributed by atoms with van der Waals surface area (Å²) in [5.41, 5.74) is 7.98. The van der Waals surface area contributed by atoms with E-state index in [0.717, 1.165) is 18.2 Å². The molecule has 1 saturated heterocycles. The lowest BCUT2D eigenvalue weighted by molar-refractivity contribution is 0.355. The van der Waals surface area contributed by atoms with Gasteiger partial charge in [-0.25, -0.2) is 22.7 Å². The molecule has 1 fully saturated rings. The molecule has 0 aliphatic carbocycles. The van der Waals surface area contributed by atoms with Crippen LogP contribution in [0.4, 0.5) is 24.7 Å². The van der Waals surface area contributed by atoms with E-state index in [1.54, 1.807) is 27.7 Å². The smallest absolute Gasteiger partial charge is 0.167 e. The summed E-state index contributed by atoms with van der Waals surface area (Å²) in [5, 5.41) is 5.14. The predicted octanol–water partition coefficient (Wildman–Crippen LogP) is 4.03. The molecule has 4 aromatic rings. The number of aromatic nitrogens is 3. The van der Waals surface area contributed by atoms with Crippen LogP contribution in [-0.2, 0) is 0 Å². The number of halogens is 3. The van der Waals surface area contributed by atoms with Gasteiger partial charge in [0.25, 0.3) is 0 Å². The van der Waals surface area contributed by atoms with Gasteiger partial charge in [-0.15, -0.1) is 0 Å². The van der Waals surface area contributed by atoms with E-state index in [0.29, 0.717) is 28.1 Å². The Morgan fingerprint density at radius 2 is 1.96 bits per heavy atom. The van der Waals surface area contributed by atoms with Crippen LogP contribution in [0.15, 0.2) is 48.7 Å². The molecule has 2 aromatic heterocycles. The summed E-state index contributed by atoms with van der Waals surface area (Å²) in [7, 11) is 0. The molecule has 3 heterocycles. The summed E-state index contributed by atoms with van der Waals surface area (Å²) in [6.07, 6.45) is 0.606. The van der Waals surface area contributed by atoms with Crippen molar-refractivity contribution < 1.29 is 13.2 Å². The van der Waals surface area contributed by atoms with Crippen LogP contribution in [0.1, 0.15) is 18.0 Å². The number of hydrogen-bond acceptors (Lipinski definition) is 4. The molecule has 2 aromatic carbocycles. The third kappa shape index (κ3) is 2.56. The average Bonchev–Trinajstić information content (AvgIpc) is 3.24. The number of anilines is 2. The number of nitrogens with zero attached hydrogens (tertiary/aromatic N) is 4. The maximum atomic E-state index is 14.3. The molecule has 0 bridgehead atoms. The van der Waals surface area contributed by atoms with Crippen LogP contribution < -0.4 is 10.6 Å². The van der Waals surface area contributed by atoms with Gasteiger partial charge >= 0.3 is 0 Å². The first-order chi connectivity index (χ1) is 13.5. The molecule has 8 heteroatoms. The van der Waals surface area contributed by atoms with Gasteiger partial charge in [0.15, 0.2) is 5.65 Å². The Labute approximate surface area is 158 Å². The molecular formula is C20H16F3N5. The Balaban J connectivity index is 1.65. The van der Waals surface area contributed by atoms with Crippen molar-refractivity contribution in [2.45, 2.75) is 18.6 Å². The number of benzene rings is 2. The largest absolute Gasteiger partial charge is 0.398 e. The second-order valence-electron chi connectivity index (χ2n) is 6.96. The molecule has 0 radical (unpaired) electrons. The van der Waals surface area contributed by atoms with E-state index >= 15 is 0 Å². The Hall–Kier alpha value is -3.29. The van der Waals surface area contributed by atoms with Gasteiger partial charge in [-0.3, -0.25) is 0 Å². The molecule has 0 spiro atoms. The van der Waals surface area contributed by atoms with Crippen molar-refractivity contribution in [1.29, 1.82) is 0 Å². The lowest BCUT2D eigenvalue weighted by Crippen LogP contribution is -2.25. The van der Waals surface area contributed by atoms with Gasteiger partial charge in [-0.2, -0.15) is 5.10 Å². The Bertz CT molecular complexity index is 1210. The number of alkyl halides is 1. The molecule has 142 valence electrons. The minimum absolute atomic E-state index is 0.0470. The van der Waals surface area contributed by atoms with Crippen LogP contribution >= 0.6 is 0 Å². The number of nitrogens with two attached hydrogens (primary N) is 1. The molecule has 2 N–H and O–H groups in total. The molecule has 0 unspecified atom stereocenters. The van der Waals surface area contributed by atoms with Gasteiger partial charge in [-0.1, -0.05) is 6.07 Å². The zero-order valence-corrected chi connectivity index (χ0v) is 14.7.